The molecule has 1 aromatic heterocycles. The van der Waals surface area contributed by atoms with Crippen molar-refractivity contribution in [2.24, 2.45) is 0 Å². The van der Waals surface area contributed by atoms with Crippen LogP contribution in [0.4, 0.5) is 0 Å². The molecule has 2 aliphatic carbocycles. The first-order chi connectivity index (χ1) is 9.31. The topological polar surface area (TPSA) is 28.2 Å². The second kappa shape index (κ2) is 6.33. The van der Waals surface area contributed by atoms with Crippen molar-refractivity contribution >= 4 is 11.3 Å². The molecule has 0 unspecified atom stereocenters. The maximum atomic E-state index is 4.76. The summed E-state index contributed by atoms with van der Waals surface area (Å²) in [6.45, 7) is 1.98. The maximum absolute atomic E-state index is 4.76. The van der Waals surface area contributed by atoms with Gasteiger partial charge in [0, 0.05) is 30.6 Å². The Labute approximate surface area is 120 Å². The van der Waals surface area contributed by atoms with Crippen molar-refractivity contribution in [3.8, 4) is 0 Å². The molecule has 1 aromatic rings. The van der Waals surface area contributed by atoms with Crippen LogP contribution < -0.4 is 5.32 Å². The zero-order chi connectivity index (χ0) is 13.1. The van der Waals surface area contributed by atoms with Gasteiger partial charge in [0.05, 0.1) is 5.69 Å². The molecule has 0 aromatic carbocycles. The normalized spacial score (nSPS) is 21.2. The van der Waals surface area contributed by atoms with Gasteiger partial charge in [-0.1, -0.05) is 19.3 Å². The predicted octanol–water partition coefficient (Wildman–Crippen LogP) is 3.16. The van der Waals surface area contributed by atoms with E-state index in [4.69, 9.17) is 4.98 Å². The highest BCUT2D eigenvalue weighted by Gasteiger charge is 2.21. The van der Waals surface area contributed by atoms with Gasteiger partial charge in [0.1, 0.15) is 5.01 Å². The number of hydrogen-bond acceptors (Lipinski definition) is 4. The van der Waals surface area contributed by atoms with E-state index in [2.05, 4.69) is 22.6 Å². The zero-order valence-corrected chi connectivity index (χ0v) is 12.7. The first-order valence-electron chi connectivity index (χ1n) is 7.68. The molecule has 0 aliphatic heterocycles. The number of nitrogens with zero attached hydrogens (tertiary/aromatic N) is 2. The van der Waals surface area contributed by atoms with Crippen LogP contribution in [0.2, 0.25) is 0 Å². The molecule has 19 heavy (non-hydrogen) atoms. The lowest BCUT2D eigenvalue weighted by atomic mass is 9.94. The summed E-state index contributed by atoms with van der Waals surface area (Å²) >= 11 is 1.81. The molecule has 0 saturated heterocycles. The lowest BCUT2D eigenvalue weighted by molar-refractivity contribution is 0.183. The van der Waals surface area contributed by atoms with E-state index >= 15 is 0 Å². The number of hydrogen-bond donors (Lipinski definition) is 1. The van der Waals surface area contributed by atoms with Gasteiger partial charge < -0.3 is 5.32 Å². The van der Waals surface area contributed by atoms with Crippen molar-refractivity contribution in [1.82, 2.24) is 15.2 Å². The van der Waals surface area contributed by atoms with Crippen molar-refractivity contribution in [1.29, 1.82) is 0 Å². The Morgan fingerprint density at radius 3 is 2.79 bits per heavy atom. The van der Waals surface area contributed by atoms with E-state index in [1.165, 1.54) is 55.6 Å². The lowest BCUT2D eigenvalue weighted by Gasteiger charge is -2.30. The summed E-state index contributed by atoms with van der Waals surface area (Å²) in [5.41, 5.74) is 1.26. The summed E-state index contributed by atoms with van der Waals surface area (Å²) in [5, 5.41) is 7.03. The van der Waals surface area contributed by atoms with Gasteiger partial charge in [-0.15, -0.1) is 11.3 Å². The SMILES string of the molecule is CN(Cc1csc(CNC2CC2)n1)C1CCCCC1. The summed E-state index contributed by atoms with van der Waals surface area (Å²) in [4.78, 5) is 7.27. The van der Waals surface area contributed by atoms with Crippen molar-refractivity contribution in [3.63, 3.8) is 0 Å². The zero-order valence-electron chi connectivity index (χ0n) is 11.9. The summed E-state index contributed by atoms with van der Waals surface area (Å²) in [6, 6.07) is 1.56. The monoisotopic (exact) mass is 279 g/mol. The van der Waals surface area contributed by atoms with Crippen molar-refractivity contribution < 1.29 is 0 Å². The van der Waals surface area contributed by atoms with Crippen molar-refractivity contribution in [2.45, 2.75) is 70.1 Å². The fourth-order valence-corrected chi connectivity index (χ4v) is 3.66. The third-order valence-corrected chi connectivity index (χ3v) is 5.23. The summed E-state index contributed by atoms with van der Waals surface area (Å²) in [7, 11) is 2.26. The third kappa shape index (κ3) is 4.01. The Morgan fingerprint density at radius 2 is 2.05 bits per heavy atom. The molecule has 0 radical (unpaired) electrons. The van der Waals surface area contributed by atoms with Gasteiger partial charge in [-0.25, -0.2) is 4.98 Å². The van der Waals surface area contributed by atoms with Crippen LogP contribution in [0.3, 0.4) is 0 Å². The van der Waals surface area contributed by atoms with Crippen LogP contribution in [0.25, 0.3) is 0 Å². The molecule has 106 valence electrons. The Kier molecular flexibility index (Phi) is 4.51. The standard InChI is InChI=1S/C15H25N3S/c1-18(14-5-3-2-4-6-14)10-13-11-19-15(17-13)9-16-12-7-8-12/h11-12,14,16H,2-10H2,1H3. The molecular formula is C15H25N3S. The number of nitrogens with one attached hydrogen (secondary N) is 1. The Bertz CT molecular complexity index is 394. The van der Waals surface area contributed by atoms with Crippen LogP contribution in [0.15, 0.2) is 5.38 Å². The first-order valence-corrected chi connectivity index (χ1v) is 8.56. The van der Waals surface area contributed by atoms with E-state index in [0.717, 1.165) is 25.2 Å². The van der Waals surface area contributed by atoms with Crippen molar-refractivity contribution in [3.05, 3.63) is 16.1 Å². The highest BCUT2D eigenvalue weighted by atomic mass is 32.1. The summed E-state index contributed by atoms with van der Waals surface area (Å²) < 4.78 is 0. The highest BCUT2D eigenvalue weighted by Crippen LogP contribution is 2.23. The molecule has 1 N–H and O–H groups in total. The maximum Gasteiger partial charge on any atom is 0.107 e. The van der Waals surface area contributed by atoms with E-state index in [1.807, 2.05) is 11.3 Å². The quantitative estimate of drug-likeness (QED) is 0.867. The molecule has 3 rings (SSSR count). The molecule has 1 heterocycles. The van der Waals surface area contributed by atoms with Crippen LogP contribution in [0.5, 0.6) is 0 Å². The second-order valence-electron chi connectivity index (χ2n) is 6.09. The number of thiazole rings is 1. The average molecular weight is 279 g/mol. The predicted molar refractivity (Wildman–Crippen MR) is 80.3 cm³/mol. The smallest absolute Gasteiger partial charge is 0.107 e. The van der Waals surface area contributed by atoms with Gasteiger partial charge in [-0.2, -0.15) is 0 Å². The average Bonchev–Trinajstić information content (AvgIpc) is 3.17. The molecule has 0 amide bonds. The molecule has 2 aliphatic rings. The van der Waals surface area contributed by atoms with Crippen LogP contribution >= 0.6 is 11.3 Å². The Morgan fingerprint density at radius 1 is 1.26 bits per heavy atom. The summed E-state index contributed by atoms with van der Waals surface area (Å²) in [6.07, 6.45) is 9.68. The Balaban J connectivity index is 1.47. The molecule has 3 nitrogen and oxygen atoms in total. The lowest BCUT2D eigenvalue weighted by Crippen LogP contribution is -2.32. The van der Waals surface area contributed by atoms with Crippen molar-refractivity contribution in [2.75, 3.05) is 7.05 Å². The van der Waals surface area contributed by atoms with Gasteiger partial charge in [-0.3, -0.25) is 4.90 Å². The minimum atomic E-state index is 0.775. The van der Waals surface area contributed by atoms with E-state index in [-0.39, 0.29) is 0 Å². The van der Waals surface area contributed by atoms with E-state index in [1.54, 1.807) is 0 Å². The van der Waals surface area contributed by atoms with Gasteiger partial charge in [-0.05, 0) is 32.7 Å². The molecule has 0 spiro atoms. The minimum Gasteiger partial charge on any atom is -0.308 e. The van der Waals surface area contributed by atoms with Crippen LogP contribution in [0.1, 0.15) is 55.6 Å². The van der Waals surface area contributed by atoms with Crippen LogP contribution in [-0.2, 0) is 13.1 Å². The highest BCUT2D eigenvalue weighted by molar-refractivity contribution is 7.09. The Hall–Kier alpha value is -0.450. The van der Waals surface area contributed by atoms with Gasteiger partial charge in [0.2, 0.25) is 0 Å². The molecule has 4 heteroatoms. The molecule has 2 fully saturated rings. The molecule has 2 saturated carbocycles. The minimum absolute atomic E-state index is 0.775. The molecule has 0 atom stereocenters. The number of rotatable bonds is 6. The van der Waals surface area contributed by atoms with E-state index in [9.17, 15) is 0 Å². The fourth-order valence-electron chi connectivity index (χ4n) is 2.93. The number of aromatic nitrogens is 1. The largest absolute Gasteiger partial charge is 0.308 e. The third-order valence-electron chi connectivity index (χ3n) is 4.33. The molecular weight excluding hydrogens is 254 g/mol. The van der Waals surface area contributed by atoms with Gasteiger partial charge in [0.15, 0.2) is 0 Å². The molecule has 0 bridgehead atoms. The second-order valence-corrected chi connectivity index (χ2v) is 7.04. The van der Waals surface area contributed by atoms with Crippen LogP contribution in [0, 0.1) is 0 Å². The fraction of sp³-hybridized carbons (Fsp3) is 0.800. The van der Waals surface area contributed by atoms with E-state index in [0.29, 0.717) is 0 Å². The van der Waals surface area contributed by atoms with Gasteiger partial charge >= 0.3 is 0 Å². The summed E-state index contributed by atoms with van der Waals surface area (Å²) in [5.74, 6) is 0. The first kappa shape index (κ1) is 13.5. The van der Waals surface area contributed by atoms with Crippen LogP contribution in [-0.4, -0.2) is 29.0 Å². The van der Waals surface area contributed by atoms with E-state index < -0.39 is 0 Å². The van der Waals surface area contributed by atoms with Gasteiger partial charge in [0.25, 0.3) is 0 Å².